The van der Waals surface area contributed by atoms with Crippen LogP contribution in [0.3, 0.4) is 0 Å². The van der Waals surface area contributed by atoms with Crippen molar-refractivity contribution in [2.45, 2.75) is 44.9 Å². The van der Waals surface area contributed by atoms with E-state index in [1.807, 2.05) is 12.1 Å². The van der Waals surface area contributed by atoms with Gasteiger partial charge in [0.2, 0.25) is 0 Å². The topological polar surface area (TPSA) is 35.5 Å². The third-order valence-corrected chi connectivity index (χ3v) is 4.97. The lowest BCUT2D eigenvalue weighted by Gasteiger charge is -2.26. The van der Waals surface area contributed by atoms with Crippen molar-refractivity contribution in [2.75, 3.05) is 0 Å². The first-order valence-electron chi connectivity index (χ1n) is 9.08. The summed E-state index contributed by atoms with van der Waals surface area (Å²) in [5, 5.41) is 0. The Kier molecular flexibility index (Phi) is 5.91. The van der Waals surface area contributed by atoms with Crippen LogP contribution in [0.1, 0.15) is 54.4 Å². The summed E-state index contributed by atoms with van der Waals surface area (Å²) >= 11 is 0. The molecule has 1 aliphatic carbocycles. The van der Waals surface area contributed by atoms with Gasteiger partial charge in [-0.1, -0.05) is 31.9 Å². The van der Waals surface area contributed by atoms with Crippen LogP contribution < -0.4 is 9.47 Å². The third-order valence-electron chi connectivity index (χ3n) is 4.97. The van der Waals surface area contributed by atoms with Gasteiger partial charge in [-0.15, -0.1) is 13.2 Å². The van der Waals surface area contributed by atoms with Crippen molar-refractivity contribution in [2.24, 2.45) is 5.92 Å². The van der Waals surface area contributed by atoms with Crippen molar-refractivity contribution in [1.82, 2.24) is 0 Å². The van der Waals surface area contributed by atoms with E-state index in [-0.39, 0.29) is 11.3 Å². The summed E-state index contributed by atoms with van der Waals surface area (Å²) in [6.07, 6.45) is -0.382. The molecule has 1 saturated carbocycles. The molecule has 0 spiro atoms. The van der Waals surface area contributed by atoms with Crippen LogP contribution in [0.4, 0.5) is 17.6 Å². The molecule has 150 valence electrons. The molecule has 3 rings (SSSR count). The molecule has 0 amide bonds. The van der Waals surface area contributed by atoms with Crippen LogP contribution in [0.5, 0.6) is 11.5 Å². The van der Waals surface area contributed by atoms with Gasteiger partial charge in [0.05, 0.1) is 5.56 Å². The van der Waals surface area contributed by atoms with E-state index >= 15 is 0 Å². The average molecular weight is 396 g/mol. The Morgan fingerprint density at radius 2 is 1.64 bits per heavy atom. The SMILES string of the molecule is CC1CCC(c2ccc(C(=O)Oc3ccc(OC(F)(F)F)c(F)c3)cc2)CC1. The second kappa shape index (κ2) is 8.20. The monoisotopic (exact) mass is 396 g/mol. The fourth-order valence-corrected chi connectivity index (χ4v) is 3.40. The van der Waals surface area contributed by atoms with Crippen molar-refractivity contribution < 1.29 is 31.8 Å². The van der Waals surface area contributed by atoms with Crippen molar-refractivity contribution in [3.05, 3.63) is 59.4 Å². The second-order valence-electron chi connectivity index (χ2n) is 7.11. The number of ether oxygens (including phenoxy) is 2. The quantitative estimate of drug-likeness (QED) is 0.349. The number of alkyl halides is 3. The van der Waals surface area contributed by atoms with Crippen LogP contribution in [-0.2, 0) is 0 Å². The zero-order chi connectivity index (χ0) is 20.3. The van der Waals surface area contributed by atoms with Gasteiger partial charge in [0.1, 0.15) is 5.75 Å². The van der Waals surface area contributed by atoms with Crippen LogP contribution in [0.25, 0.3) is 0 Å². The Morgan fingerprint density at radius 3 is 2.21 bits per heavy atom. The van der Waals surface area contributed by atoms with Crippen LogP contribution in [0.2, 0.25) is 0 Å². The first-order chi connectivity index (χ1) is 13.2. The fraction of sp³-hybridized carbons (Fsp3) is 0.381. The maximum absolute atomic E-state index is 13.7. The van der Waals surface area contributed by atoms with E-state index in [1.54, 1.807) is 12.1 Å². The van der Waals surface area contributed by atoms with Gasteiger partial charge in [0.15, 0.2) is 11.6 Å². The molecule has 0 aromatic heterocycles. The Morgan fingerprint density at radius 1 is 1.00 bits per heavy atom. The molecule has 1 aliphatic rings. The second-order valence-corrected chi connectivity index (χ2v) is 7.11. The molecule has 0 bridgehead atoms. The van der Waals surface area contributed by atoms with Gasteiger partial charge in [0, 0.05) is 6.07 Å². The summed E-state index contributed by atoms with van der Waals surface area (Å²) in [6, 6.07) is 9.55. The minimum absolute atomic E-state index is 0.206. The highest BCUT2D eigenvalue weighted by molar-refractivity contribution is 5.91. The van der Waals surface area contributed by atoms with Crippen molar-refractivity contribution in [3.63, 3.8) is 0 Å². The molecule has 28 heavy (non-hydrogen) atoms. The smallest absolute Gasteiger partial charge is 0.423 e. The highest BCUT2D eigenvalue weighted by atomic mass is 19.4. The van der Waals surface area contributed by atoms with E-state index in [4.69, 9.17) is 4.74 Å². The van der Waals surface area contributed by atoms with Crippen LogP contribution in [0, 0.1) is 11.7 Å². The molecule has 3 nitrogen and oxygen atoms in total. The van der Waals surface area contributed by atoms with Gasteiger partial charge >= 0.3 is 12.3 Å². The summed E-state index contributed by atoms with van der Waals surface area (Å²) in [7, 11) is 0. The number of hydrogen-bond acceptors (Lipinski definition) is 3. The zero-order valence-corrected chi connectivity index (χ0v) is 15.3. The third kappa shape index (κ3) is 5.24. The van der Waals surface area contributed by atoms with E-state index < -0.39 is 23.9 Å². The Hall–Kier alpha value is -2.57. The normalized spacial score (nSPS) is 19.9. The zero-order valence-electron chi connectivity index (χ0n) is 15.3. The lowest BCUT2D eigenvalue weighted by Crippen LogP contribution is -2.18. The first-order valence-corrected chi connectivity index (χ1v) is 9.08. The molecule has 0 aliphatic heterocycles. The van der Waals surface area contributed by atoms with Crippen LogP contribution in [-0.4, -0.2) is 12.3 Å². The molecule has 0 saturated heterocycles. The molecule has 2 aromatic carbocycles. The van der Waals surface area contributed by atoms with Gasteiger partial charge in [-0.3, -0.25) is 0 Å². The number of halogens is 4. The number of carbonyl (C=O) groups excluding carboxylic acids is 1. The predicted molar refractivity (Wildman–Crippen MR) is 94.9 cm³/mol. The van der Waals surface area contributed by atoms with Crippen molar-refractivity contribution >= 4 is 5.97 Å². The molecule has 0 unspecified atom stereocenters. The fourth-order valence-electron chi connectivity index (χ4n) is 3.40. The molecule has 0 atom stereocenters. The molecular weight excluding hydrogens is 376 g/mol. The number of rotatable bonds is 4. The predicted octanol–water partition coefficient (Wildman–Crippen LogP) is 6.24. The van der Waals surface area contributed by atoms with Crippen molar-refractivity contribution in [3.8, 4) is 11.5 Å². The summed E-state index contributed by atoms with van der Waals surface area (Å²) in [4.78, 5) is 12.2. The Labute approximate surface area is 160 Å². The maximum Gasteiger partial charge on any atom is 0.573 e. The highest BCUT2D eigenvalue weighted by Gasteiger charge is 2.32. The number of hydrogen-bond donors (Lipinski definition) is 0. The summed E-state index contributed by atoms with van der Waals surface area (Å²) in [6.45, 7) is 2.25. The molecule has 7 heteroatoms. The lowest BCUT2D eigenvalue weighted by atomic mass is 9.79. The van der Waals surface area contributed by atoms with Gasteiger partial charge in [-0.2, -0.15) is 0 Å². The Balaban J connectivity index is 1.64. The van der Waals surface area contributed by atoms with E-state index in [2.05, 4.69) is 11.7 Å². The molecule has 0 heterocycles. The molecule has 0 N–H and O–H groups in total. The summed E-state index contributed by atoms with van der Waals surface area (Å²) < 4.78 is 58.8. The van der Waals surface area contributed by atoms with E-state index in [9.17, 15) is 22.4 Å². The van der Waals surface area contributed by atoms with Crippen LogP contribution in [0.15, 0.2) is 42.5 Å². The standard InChI is InChI=1S/C21H20F4O3/c1-13-2-4-14(5-3-13)15-6-8-16(9-7-15)20(26)27-17-10-11-19(18(22)12-17)28-21(23,24)25/h6-14H,2-5H2,1H3. The summed E-state index contributed by atoms with van der Waals surface area (Å²) in [5.74, 6) is -1.95. The minimum Gasteiger partial charge on any atom is -0.423 e. The highest BCUT2D eigenvalue weighted by Crippen LogP contribution is 2.35. The van der Waals surface area contributed by atoms with Gasteiger partial charge in [-0.05, 0) is 54.5 Å². The molecular formula is C21H20F4O3. The molecule has 2 aromatic rings. The van der Waals surface area contributed by atoms with E-state index in [0.717, 1.165) is 30.9 Å². The van der Waals surface area contributed by atoms with Crippen LogP contribution >= 0.6 is 0 Å². The van der Waals surface area contributed by atoms with Gasteiger partial charge in [-0.25, -0.2) is 9.18 Å². The molecule has 1 fully saturated rings. The Bertz CT molecular complexity index is 823. The van der Waals surface area contributed by atoms with E-state index in [1.165, 1.54) is 18.4 Å². The van der Waals surface area contributed by atoms with Gasteiger partial charge < -0.3 is 9.47 Å². The first kappa shape index (κ1) is 20.2. The summed E-state index contributed by atoms with van der Waals surface area (Å²) in [5.41, 5.74) is 1.45. The number of carbonyl (C=O) groups is 1. The number of benzene rings is 2. The largest absolute Gasteiger partial charge is 0.573 e. The average Bonchev–Trinajstić information content (AvgIpc) is 2.64. The van der Waals surface area contributed by atoms with E-state index in [0.29, 0.717) is 12.0 Å². The molecule has 0 radical (unpaired) electrons. The van der Waals surface area contributed by atoms with Crippen molar-refractivity contribution in [1.29, 1.82) is 0 Å². The number of esters is 1. The maximum atomic E-state index is 13.7. The van der Waals surface area contributed by atoms with Gasteiger partial charge in [0.25, 0.3) is 0 Å². The minimum atomic E-state index is -5.00. The lowest BCUT2D eigenvalue weighted by molar-refractivity contribution is -0.275.